The number of sulfonamides is 1. The van der Waals surface area contributed by atoms with Crippen molar-refractivity contribution in [1.29, 1.82) is 0 Å². The summed E-state index contributed by atoms with van der Waals surface area (Å²) in [5.41, 5.74) is 1.46. The van der Waals surface area contributed by atoms with Crippen molar-refractivity contribution in [2.75, 3.05) is 17.1 Å². The van der Waals surface area contributed by atoms with Crippen LogP contribution in [0.15, 0.2) is 24.3 Å². The van der Waals surface area contributed by atoms with Crippen LogP contribution in [0.2, 0.25) is 0 Å². The molecule has 0 radical (unpaired) electrons. The first-order valence-electron chi connectivity index (χ1n) is 5.48. The van der Waals surface area contributed by atoms with Gasteiger partial charge in [-0.15, -0.1) is 0 Å². The first-order valence-corrected chi connectivity index (χ1v) is 7.33. The number of anilines is 1. The van der Waals surface area contributed by atoms with Crippen LogP contribution in [0.4, 0.5) is 5.69 Å². The van der Waals surface area contributed by atoms with Gasteiger partial charge in [0.15, 0.2) is 0 Å². The third-order valence-electron chi connectivity index (χ3n) is 3.09. The van der Waals surface area contributed by atoms with Gasteiger partial charge in [0.05, 0.1) is 11.9 Å². The summed E-state index contributed by atoms with van der Waals surface area (Å²) in [6.07, 6.45) is 1.75. The predicted octanol–water partition coefficient (Wildman–Crippen LogP) is 1.53. The van der Waals surface area contributed by atoms with Crippen molar-refractivity contribution < 1.29 is 13.2 Å². The Bertz CT molecular complexity index is 551. The molecule has 0 bridgehead atoms. The van der Waals surface area contributed by atoms with Crippen LogP contribution in [0.3, 0.4) is 0 Å². The van der Waals surface area contributed by atoms with Crippen molar-refractivity contribution in [3.05, 3.63) is 29.8 Å². The van der Waals surface area contributed by atoms with Gasteiger partial charge < -0.3 is 0 Å². The first kappa shape index (κ1) is 12.1. The standard InChI is InChI=1S/C12H15NO3S/c1-9(14)10-7-8-13(17(2,15)16)12-6-4-3-5-11(10)12/h3-6,10H,7-8H2,1-2H3. The topological polar surface area (TPSA) is 54.5 Å². The molecule has 0 saturated heterocycles. The zero-order chi connectivity index (χ0) is 12.6. The lowest BCUT2D eigenvalue weighted by atomic mass is 9.88. The Morgan fingerprint density at radius 2 is 2.00 bits per heavy atom. The monoisotopic (exact) mass is 253 g/mol. The highest BCUT2D eigenvalue weighted by Crippen LogP contribution is 2.36. The van der Waals surface area contributed by atoms with Gasteiger partial charge in [-0.25, -0.2) is 8.42 Å². The van der Waals surface area contributed by atoms with Crippen LogP contribution in [-0.4, -0.2) is 27.0 Å². The number of Topliss-reactive ketones (excluding diaryl/α,β-unsaturated/α-hetero) is 1. The van der Waals surface area contributed by atoms with Gasteiger partial charge in [0.1, 0.15) is 5.78 Å². The minimum Gasteiger partial charge on any atom is -0.299 e. The SMILES string of the molecule is CC(=O)C1CCN(S(C)(=O)=O)c2ccccc21. The number of hydrogen-bond donors (Lipinski definition) is 0. The number of carbonyl (C=O) groups excluding carboxylic acids is 1. The molecular weight excluding hydrogens is 238 g/mol. The molecule has 17 heavy (non-hydrogen) atoms. The van der Waals surface area contributed by atoms with Crippen LogP contribution in [0.25, 0.3) is 0 Å². The van der Waals surface area contributed by atoms with Gasteiger partial charge in [0.2, 0.25) is 10.0 Å². The highest BCUT2D eigenvalue weighted by molar-refractivity contribution is 7.92. The van der Waals surface area contributed by atoms with E-state index in [4.69, 9.17) is 0 Å². The summed E-state index contributed by atoms with van der Waals surface area (Å²) in [5, 5.41) is 0. The third-order valence-corrected chi connectivity index (χ3v) is 4.27. The summed E-state index contributed by atoms with van der Waals surface area (Å²) in [4.78, 5) is 11.5. The van der Waals surface area contributed by atoms with E-state index < -0.39 is 10.0 Å². The zero-order valence-electron chi connectivity index (χ0n) is 9.88. The van der Waals surface area contributed by atoms with Crippen LogP contribution >= 0.6 is 0 Å². The fourth-order valence-corrected chi connectivity index (χ4v) is 3.26. The average molecular weight is 253 g/mol. The minimum atomic E-state index is -3.27. The molecule has 0 fully saturated rings. The smallest absolute Gasteiger partial charge is 0.232 e. The largest absolute Gasteiger partial charge is 0.299 e. The molecule has 1 aliphatic rings. The zero-order valence-corrected chi connectivity index (χ0v) is 10.7. The Morgan fingerprint density at radius 1 is 1.35 bits per heavy atom. The molecule has 0 saturated carbocycles. The molecule has 1 unspecified atom stereocenters. The number of nitrogens with zero attached hydrogens (tertiary/aromatic N) is 1. The second-order valence-corrected chi connectivity index (χ2v) is 6.25. The molecule has 0 spiro atoms. The Morgan fingerprint density at radius 3 is 2.59 bits per heavy atom. The molecule has 1 aromatic rings. The van der Waals surface area contributed by atoms with E-state index in [9.17, 15) is 13.2 Å². The van der Waals surface area contributed by atoms with E-state index in [0.29, 0.717) is 18.7 Å². The van der Waals surface area contributed by atoms with Crippen molar-refractivity contribution >= 4 is 21.5 Å². The molecule has 4 nitrogen and oxygen atoms in total. The summed E-state index contributed by atoms with van der Waals surface area (Å²) in [7, 11) is -3.27. The molecule has 1 aliphatic heterocycles. The van der Waals surface area contributed by atoms with Gasteiger partial charge in [0, 0.05) is 12.5 Å². The van der Waals surface area contributed by atoms with E-state index in [-0.39, 0.29) is 11.7 Å². The van der Waals surface area contributed by atoms with Crippen molar-refractivity contribution in [3.8, 4) is 0 Å². The molecule has 0 aliphatic carbocycles. The van der Waals surface area contributed by atoms with Crippen molar-refractivity contribution in [1.82, 2.24) is 0 Å². The highest BCUT2D eigenvalue weighted by Gasteiger charge is 2.31. The Hall–Kier alpha value is -1.36. The second-order valence-electron chi connectivity index (χ2n) is 4.35. The minimum absolute atomic E-state index is 0.0885. The van der Waals surface area contributed by atoms with Gasteiger partial charge in [-0.1, -0.05) is 18.2 Å². The second kappa shape index (κ2) is 4.14. The summed E-state index contributed by atoms with van der Waals surface area (Å²) in [6.45, 7) is 1.93. The number of fused-ring (bicyclic) bond motifs is 1. The number of ketones is 1. The van der Waals surface area contributed by atoms with E-state index in [1.165, 1.54) is 10.6 Å². The summed E-state index contributed by atoms with van der Waals surface area (Å²) >= 11 is 0. The lowest BCUT2D eigenvalue weighted by Gasteiger charge is -2.33. The Labute approximate surface area is 101 Å². The molecule has 0 amide bonds. The maximum atomic E-state index is 11.7. The summed E-state index contributed by atoms with van der Waals surface area (Å²) < 4.78 is 24.7. The maximum absolute atomic E-state index is 11.7. The number of benzene rings is 1. The molecule has 1 atom stereocenters. The predicted molar refractivity (Wildman–Crippen MR) is 66.7 cm³/mol. The van der Waals surface area contributed by atoms with E-state index >= 15 is 0 Å². The van der Waals surface area contributed by atoms with E-state index in [2.05, 4.69) is 0 Å². The summed E-state index contributed by atoms with van der Waals surface area (Å²) in [6, 6.07) is 7.21. The quantitative estimate of drug-likeness (QED) is 0.803. The van der Waals surface area contributed by atoms with Crippen LogP contribution in [0, 0.1) is 0 Å². The van der Waals surface area contributed by atoms with E-state index in [0.717, 1.165) is 5.56 Å². The molecule has 2 rings (SSSR count). The average Bonchev–Trinajstić information content (AvgIpc) is 2.26. The van der Waals surface area contributed by atoms with Gasteiger partial charge in [-0.2, -0.15) is 0 Å². The van der Waals surface area contributed by atoms with Crippen molar-refractivity contribution in [3.63, 3.8) is 0 Å². The normalized spacial score (nSPS) is 19.9. The van der Waals surface area contributed by atoms with Crippen LogP contribution in [0.5, 0.6) is 0 Å². The molecular formula is C12H15NO3S. The van der Waals surface area contributed by atoms with E-state index in [1.54, 1.807) is 19.1 Å². The van der Waals surface area contributed by atoms with Gasteiger partial charge in [-0.3, -0.25) is 9.10 Å². The van der Waals surface area contributed by atoms with Crippen molar-refractivity contribution in [2.24, 2.45) is 0 Å². The third kappa shape index (κ3) is 2.20. The highest BCUT2D eigenvalue weighted by atomic mass is 32.2. The van der Waals surface area contributed by atoms with Gasteiger partial charge >= 0.3 is 0 Å². The molecule has 1 aromatic carbocycles. The first-order chi connectivity index (χ1) is 7.91. The maximum Gasteiger partial charge on any atom is 0.232 e. The lowest BCUT2D eigenvalue weighted by molar-refractivity contribution is -0.118. The molecule has 1 heterocycles. The van der Waals surface area contributed by atoms with E-state index in [1.807, 2.05) is 12.1 Å². The fraction of sp³-hybridized carbons (Fsp3) is 0.417. The molecule has 5 heteroatoms. The van der Waals surface area contributed by atoms with Crippen LogP contribution in [-0.2, 0) is 14.8 Å². The van der Waals surface area contributed by atoms with Gasteiger partial charge in [-0.05, 0) is 25.0 Å². The molecule has 0 aromatic heterocycles. The summed E-state index contributed by atoms with van der Waals surface area (Å²) in [5.74, 6) is -0.0881. The number of rotatable bonds is 2. The van der Waals surface area contributed by atoms with Crippen LogP contribution in [0.1, 0.15) is 24.8 Å². The van der Waals surface area contributed by atoms with Gasteiger partial charge in [0.25, 0.3) is 0 Å². The molecule has 0 N–H and O–H groups in total. The number of para-hydroxylation sites is 1. The van der Waals surface area contributed by atoms with Crippen molar-refractivity contribution in [2.45, 2.75) is 19.3 Å². The van der Waals surface area contributed by atoms with Crippen LogP contribution < -0.4 is 4.31 Å². The Kier molecular flexibility index (Phi) is 2.95. The number of hydrogen-bond acceptors (Lipinski definition) is 3. The number of carbonyl (C=O) groups is 1. The lowest BCUT2D eigenvalue weighted by Crippen LogP contribution is -2.37. The fourth-order valence-electron chi connectivity index (χ4n) is 2.30. The molecule has 92 valence electrons. The Balaban J connectivity index is 2.55.